The second-order valence-electron chi connectivity index (χ2n) is 9.81. The molecule has 4 aromatic rings. The normalized spacial score (nSPS) is 13.1. The summed E-state index contributed by atoms with van der Waals surface area (Å²) in [4.78, 5) is 41.4. The molecule has 0 unspecified atom stereocenters. The lowest BCUT2D eigenvalue weighted by atomic mass is 10.1. The van der Waals surface area contributed by atoms with E-state index in [0.717, 1.165) is 4.57 Å². The number of benzene rings is 1. The fraction of sp³-hybridized carbons (Fsp3) is 0.429. The average Bonchev–Trinajstić information content (AvgIpc) is 3.58. The number of rotatable bonds is 12. The Hall–Kier alpha value is -3.81. The van der Waals surface area contributed by atoms with Crippen LogP contribution in [0.3, 0.4) is 0 Å². The molecule has 0 aliphatic heterocycles. The minimum Gasteiger partial charge on any atom is -0.496 e. The molecular weight excluding hydrogens is 553 g/mol. The van der Waals surface area contributed by atoms with Crippen LogP contribution in [-0.4, -0.2) is 58.3 Å². The van der Waals surface area contributed by atoms with Crippen molar-refractivity contribution in [2.45, 2.75) is 52.4 Å². The summed E-state index contributed by atoms with van der Waals surface area (Å²) in [6.45, 7) is 7.17. The topological polar surface area (TPSA) is 119 Å². The third-order valence-electron chi connectivity index (χ3n) is 6.62. The Morgan fingerprint density at radius 1 is 1.17 bits per heavy atom. The number of hydrogen-bond donors (Lipinski definition) is 1. The maximum atomic E-state index is 14.4. The summed E-state index contributed by atoms with van der Waals surface area (Å²) in [6.07, 6.45) is 2.49. The number of hydrogen-bond acceptors (Lipinski definition) is 8. The first-order valence-electron chi connectivity index (χ1n) is 13.1. The molecule has 3 heterocycles. The van der Waals surface area contributed by atoms with Crippen molar-refractivity contribution < 1.29 is 23.4 Å². The second-order valence-corrected chi connectivity index (χ2v) is 10.8. The molecule has 0 spiro atoms. The monoisotopic (exact) mass is 587 g/mol. The number of fused-ring (bicyclic) bond motifs is 1. The number of aryl methyl sites for hydroxylation is 1. The van der Waals surface area contributed by atoms with Gasteiger partial charge in [0.1, 0.15) is 33.5 Å². The fourth-order valence-corrected chi connectivity index (χ4v) is 5.87. The highest BCUT2D eigenvalue weighted by Crippen LogP contribution is 2.34. The van der Waals surface area contributed by atoms with E-state index in [1.807, 2.05) is 0 Å². The zero-order chi connectivity index (χ0) is 29.8. The van der Waals surface area contributed by atoms with Gasteiger partial charge in [-0.25, -0.2) is 18.4 Å². The molecular formula is C28H34FN5O6S. The van der Waals surface area contributed by atoms with E-state index >= 15 is 0 Å². The van der Waals surface area contributed by atoms with E-state index in [0.29, 0.717) is 26.7 Å². The molecule has 1 amide bonds. The van der Waals surface area contributed by atoms with Gasteiger partial charge in [0.2, 0.25) is 5.91 Å². The van der Waals surface area contributed by atoms with Crippen LogP contribution in [0.5, 0.6) is 5.75 Å². The smallest absolute Gasteiger partial charge is 0.332 e. The van der Waals surface area contributed by atoms with Gasteiger partial charge in [-0.05, 0) is 52.0 Å². The molecule has 41 heavy (non-hydrogen) atoms. The van der Waals surface area contributed by atoms with Crippen molar-refractivity contribution in [3.05, 3.63) is 74.4 Å². The first-order valence-corrected chi connectivity index (χ1v) is 13.9. The Balaban J connectivity index is 1.98. The summed E-state index contributed by atoms with van der Waals surface area (Å²) in [5, 5.41) is 8.01. The first kappa shape index (κ1) is 30.2. The molecule has 0 saturated carbocycles. The lowest BCUT2D eigenvalue weighted by molar-refractivity contribution is -0.124. The van der Waals surface area contributed by atoms with Crippen LogP contribution >= 0.6 is 11.3 Å². The van der Waals surface area contributed by atoms with Crippen LogP contribution in [0.1, 0.15) is 44.0 Å². The van der Waals surface area contributed by atoms with Gasteiger partial charge in [-0.1, -0.05) is 11.3 Å². The van der Waals surface area contributed by atoms with Gasteiger partial charge in [0.15, 0.2) is 0 Å². The van der Waals surface area contributed by atoms with Gasteiger partial charge in [-0.2, -0.15) is 5.10 Å². The van der Waals surface area contributed by atoms with Crippen LogP contribution < -0.4 is 21.3 Å². The van der Waals surface area contributed by atoms with Gasteiger partial charge in [-0.15, -0.1) is 0 Å². The summed E-state index contributed by atoms with van der Waals surface area (Å²) >= 11 is 1.22. The zero-order valence-electron chi connectivity index (χ0n) is 23.8. The number of amides is 1. The average molecular weight is 588 g/mol. The van der Waals surface area contributed by atoms with Crippen LogP contribution in [0.4, 0.5) is 4.39 Å². The number of thiophene rings is 1. The van der Waals surface area contributed by atoms with E-state index in [1.54, 1.807) is 43.9 Å². The number of carbonyl (C=O) groups excluding carboxylic acids is 1. The Morgan fingerprint density at radius 2 is 1.93 bits per heavy atom. The van der Waals surface area contributed by atoms with Crippen molar-refractivity contribution in [1.29, 1.82) is 0 Å². The number of halogens is 1. The van der Waals surface area contributed by atoms with E-state index < -0.39 is 35.1 Å². The third kappa shape index (κ3) is 6.11. The highest BCUT2D eigenvalue weighted by molar-refractivity contribution is 7.21. The van der Waals surface area contributed by atoms with Crippen molar-refractivity contribution in [2.24, 2.45) is 0 Å². The van der Waals surface area contributed by atoms with E-state index in [-0.39, 0.29) is 31.2 Å². The molecule has 1 N–H and O–H groups in total. The predicted octanol–water partition coefficient (Wildman–Crippen LogP) is 3.36. The van der Waals surface area contributed by atoms with E-state index in [9.17, 15) is 18.8 Å². The number of aromatic nitrogens is 4. The Morgan fingerprint density at radius 3 is 2.56 bits per heavy atom. The van der Waals surface area contributed by atoms with Crippen LogP contribution in [0, 0.1) is 12.7 Å². The maximum absolute atomic E-state index is 14.4. The molecule has 3 aromatic heterocycles. The maximum Gasteiger partial charge on any atom is 0.332 e. The standard InChI is InChI=1S/C28H34FN5O6S/c1-16(2)31-24(35)18(4)34-25(36)23-17(3)26(33-11-7-10-30-33)41-27(23)32(28(34)37)15-22(40-13-12-38-5)20-14-19(29)8-9-21(20)39-6/h7-11,14,16,18,22H,12-13,15H2,1-6H3,(H,31,35)/t18-,22-/m0/s1. The lowest BCUT2D eigenvalue weighted by Crippen LogP contribution is -2.47. The summed E-state index contributed by atoms with van der Waals surface area (Å²) in [5.41, 5.74) is -0.289. The Kier molecular flexibility index (Phi) is 9.41. The van der Waals surface area contributed by atoms with Crippen molar-refractivity contribution in [1.82, 2.24) is 24.2 Å². The lowest BCUT2D eigenvalue weighted by Gasteiger charge is -2.23. The highest BCUT2D eigenvalue weighted by Gasteiger charge is 2.29. The Labute approximate surface area is 240 Å². The SMILES string of the molecule is COCCO[C@@H](Cn1c(=O)n([C@@H](C)C(=O)NC(C)C)c(=O)c2c(C)c(-n3cccn3)sc21)c1cc(F)ccc1OC. The molecule has 0 radical (unpaired) electrons. The van der Waals surface area contributed by atoms with Gasteiger partial charge in [0, 0.05) is 36.7 Å². The van der Waals surface area contributed by atoms with Gasteiger partial charge >= 0.3 is 5.69 Å². The summed E-state index contributed by atoms with van der Waals surface area (Å²) in [5.74, 6) is -0.601. The fourth-order valence-electron chi connectivity index (χ4n) is 4.62. The molecule has 11 nitrogen and oxygen atoms in total. The van der Waals surface area contributed by atoms with Crippen molar-refractivity contribution in [3.8, 4) is 10.8 Å². The van der Waals surface area contributed by atoms with Crippen LogP contribution in [0.15, 0.2) is 46.2 Å². The zero-order valence-corrected chi connectivity index (χ0v) is 24.7. The number of nitrogens with one attached hydrogen (secondary N) is 1. The third-order valence-corrected chi connectivity index (χ3v) is 7.93. The molecule has 0 aliphatic carbocycles. The Bertz CT molecular complexity index is 1640. The van der Waals surface area contributed by atoms with Crippen molar-refractivity contribution >= 4 is 27.5 Å². The number of nitrogens with zero attached hydrogens (tertiary/aromatic N) is 4. The molecule has 0 saturated heterocycles. The van der Waals surface area contributed by atoms with Crippen LogP contribution in [0.2, 0.25) is 0 Å². The molecule has 2 atom stereocenters. The van der Waals surface area contributed by atoms with Gasteiger partial charge in [0.05, 0.1) is 32.3 Å². The van der Waals surface area contributed by atoms with Gasteiger partial charge < -0.3 is 19.5 Å². The predicted molar refractivity (Wildman–Crippen MR) is 154 cm³/mol. The molecule has 4 rings (SSSR count). The summed E-state index contributed by atoms with van der Waals surface area (Å²) in [6, 6.07) is 4.51. The van der Waals surface area contributed by atoms with Gasteiger partial charge in [-0.3, -0.25) is 14.2 Å². The molecule has 0 fully saturated rings. The van der Waals surface area contributed by atoms with E-state index in [4.69, 9.17) is 14.2 Å². The van der Waals surface area contributed by atoms with Crippen LogP contribution in [-0.2, 0) is 20.8 Å². The highest BCUT2D eigenvalue weighted by atomic mass is 32.1. The molecule has 0 bridgehead atoms. The van der Waals surface area contributed by atoms with Gasteiger partial charge in [0.25, 0.3) is 5.56 Å². The number of methoxy groups -OCH3 is 2. The largest absolute Gasteiger partial charge is 0.496 e. The molecule has 13 heteroatoms. The molecule has 0 aliphatic rings. The van der Waals surface area contributed by atoms with Crippen LogP contribution in [0.25, 0.3) is 15.2 Å². The van der Waals surface area contributed by atoms with Crippen molar-refractivity contribution in [2.75, 3.05) is 27.4 Å². The molecule has 1 aromatic carbocycles. The quantitative estimate of drug-likeness (QED) is 0.253. The molecule has 220 valence electrons. The first-order chi connectivity index (χ1) is 19.6. The van der Waals surface area contributed by atoms with Crippen molar-refractivity contribution in [3.63, 3.8) is 0 Å². The minimum absolute atomic E-state index is 0.101. The minimum atomic E-state index is -1.10. The second kappa shape index (κ2) is 12.8. The summed E-state index contributed by atoms with van der Waals surface area (Å²) in [7, 11) is 2.99. The summed E-state index contributed by atoms with van der Waals surface area (Å²) < 4.78 is 35.1. The van der Waals surface area contributed by atoms with E-state index in [1.165, 1.54) is 55.2 Å². The number of carbonyl (C=O) groups is 1. The van der Waals surface area contributed by atoms with E-state index in [2.05, 4.69) is 10.4 Å². The number of ether oxygens (including phenoxy) is 3.